The van der Waals surface area contributed by atoms with Crippen LogP contribution in [0.1, 0.15) is 69.8 Å². The fraction of sp³-hybridized carbons (Fsp3) is 0.189. The van der Waals surface area contributed by atoms with Gasteiger partial charge in [0.1, 0.15) is 6.04 Å². The fourth-order valence-electron chi connectivity index (χ4n) is 9.22. The molecule has 0 radical (unpaired) electrons. The number of hydrogen-bond acceptors (Lipinski definition) is 4. The van der Waals surface area contributed by atoms with Crippen molar-refractivity contribution in [2.45, 2.75) is 64.6 Å². The summed E-state index contributed by atoms with van der Waals surface area (Å²) in [5.74, 6) is 0.703. The Morgan fingerprint density at radius 3 is 1.97 bits per heavy atom. The summed E-state index contributed by atoms with van der Waals surface area (Å²) in [4.78, 5) is 7.74. The van der Waals surface area contributed by atoms with E-state index in [0.29, 0.717) is 5.90 Å². The van der Waals surface area contributed by atoms with Gasteiger partial charge in [0.15, 0.2) is 0 Å². The lowest BCUT2D eigenvalue weighted by Crippen LogP contribution is -2.30. The molecule has 2 atom stereocenters. The fourth-order valence-corrected chi connectivity index (χ4v) is 10.2. The van der Waals surface area contributed by atoms with Gasteiger partial charge in [-0.15, -0.1) is 11.3 Å². The lowest BCUT2D eigenvalue weighted by Gasteiger charge is -2.28. The van der Waals surface area contributed by atoms with E-state index in [4.69, 9.17) is 9.73 Å². The minimum Gasteiger partial charge on any atom is -0.450 e. The molecule has 0 bridgehead atoms. The molecule has 0 spiro atoms. The van der Waals surface area contributed by atoms with Gasteiger partial charge >= 0.3 is 0 Å². The minimum absolute atomic E-state index is 0.0672. The lowest BCUT2D eigenvalue weighted by atomic mass is 9.87. The zero-order valence-electron chi connectivity index (χ0n) is 33.7. The van der Waals surface area contributed by atoms with Gasteiger partial charge in [0.05, 0.1) is 11.2 Å². The van der Waals surface area contributed by atoms with Gasteiger partial charge in [-0.05, 0) is 121 Å². The van der Waals surface area contributed by atoms with Crippen LogP contribution >= 0.6 is 11.3 Å². The maximum Gasteiger partial charge on any atom is 0.218 e. The van der Waals surface area contributed by atoms with Crippen molar-refractivity contribution in [2.24, 2.45) is 4.99 Å². The van der Waals surface area contributed by atoms with Gasteiger partial charge in [0.25, 0.3) is 0 Å². The third kappa shape index (κ3) is 5.44. The third-order valence-corrected chi connectivity index (χ3v) is 13.3. The summed E-state index contributed by atoms with van der Waals surface area (Å²) in [6.07, 6.45) is 1.93. The van der Waals surface area contributed by atoms with Crippen molar-refractivity contribution in [1.29, 1.82) is 0 Å². The maximum atomic E-state index is 6.89. The van der Waals surface area contributed by atoms with Crippen LogP contribution in [0.15, 0.2) is 156 Å². The van der Waals surface area contributed by atoms with Crippen molar-refractivity contribution >= 4 is 71.1 Å². The van der Waals surface area contributed by atoms with E-state index in [1.807, 2.05) is 11.3 Å². The van der Waals surface area contributed by atoms with Crippen molar-refractivity contribution in [2.75, 3.05) is 4.90 Å². The molecule has 5 heteroatoms. The van der Waals surface area contributed by atoms with E-state index < -0.39 is 0 Å². The van der Waals surface area contributed by atoms with E-state index in [-0.39, 0.29) is 23.1 Å². The number of ether oxygens (including phenoxy) is 1. The summed E-state index contributed by atoms with van der Waals surface area (Å²) in [6, 6.07) is 51.3. The summed E-state index contributed by atoms with van der Waals surface area (Å²) in [5, 5.41) is 9.80. The lowest BCUT2D eigenvalue weighted by molar-refractivity contribution is 0.210. The van der Waals surface area contributed by atoms with Gasteiger partial charge in [0, 0.05) is 49.6 Å². The van der Waals surface area contributed by atoms with Gasteiger partial charge in [-0.2, -0.15) is 0 Å². The SMILES string of the molecule is CC(C)(C)c1ccc(C2=NC3c4c(ccc5cc(-c6ccc7c(c6)c6ccsc6c6ccn(-c8ccccc8)c76)ccc45)N(c4ccc(C(C)(C)C)cc4)C3O2)cc1. The molecular weight excluding hydrogens is 727 g/mol. The Labute approximate surface area is 343 Å². The second kappa shape index (κ2) is 12.7. The molecule has 4 nitrogen and oxygen atoms in total. The smallest absolute Gasteiger partial charge is 0.218 e. The number of anilines is 2. The number of nitrogens with zero attached hydrogens (tertiary/aromatic N) is 3. The average Bonchev–Trinajstić information content (AvgIpc) is 4.04. The predicted molar refractivity (Wildman–Crippen MR) is 246 cm³/mol. The highest BCUT2D eigenvalue weighted by Crippen LogP contribution is 2.52. The second-order valence-electron chi connectivity index (χ2n) is 18.0. The van der Waals surface area contributed by atoms with Crippen molar-refractivity contribution in [3.05, 3.63) is 173 Å². The zero-order chi connectivity index (χ0) is 39.5. The van der Waals surface area contributed by atoms with E-state index in [1.165, 1.54) is 76.0 Å². The Morgan fingerprint density at radius 2 is 1.24 bits per heavy atom. The van der Waals surface area contributed by atoms with Gasteiger partial charge in [-0.1, -0.05) is 114 Å². The molecule has 0 aliphatic carbocycles. The van der Waals surface area contributed by atoms with Crippen molar-refractivity contribution < 1.29 is 4.74 Å². The number of benzene rings is 7. The summed E-state index contributed by atoms with van der Waals surface area (Å²) in [6.45, 7) is 13.5. The molecule has 2 aliphatic rings. The van der Waals surface area contributed by atoms with E-state index in [2.05, 4.69) is 202 Å². The van der Waals surface area contributed by atoms with Gasteiger partial charge in [-0.25, -0.2) is 4.99 Å². The molecule has 2 unspecified atom stereocenters. The molecule has 58 heavy (non-hydrogen) atoms. The Morgan fingerprint density at radius 1 is 0.569 bits per heavy atom. The molecule has 0 fully saturated rings. The molecule has 0 amide bonds. The van der Waals surface area contributed by atoms with E-state index >= 15 is 0 Å². The molecule has 9 aromatic rings. The number of hydrogen-bond donors (Lipinski definition) is 0. The Kier molecular flexibility index (Phi) is 7.65. The van der Waals surface area contributed by atoms with Crippen LogP contribution in [0, 0.1) is 0 Å². The normalized spacial score (nSPS) is 16.7. The molecule has 0 saturated carbocycles. The maximum absolute atomic E-state index is 6.89. The molecule has 284 valence electrons. The molecule has 7 aromatic carbocycles. The van der Waals surface area contributed by atoms with E-state index in [9.17, 15) is 0 Å². The highest BCUT2D eigenvalue weighted by atomic mass is 32.1. The third-order valence-electron chi connectivity index (χ3n) is 12.3. The van der Waals surface area contributed by atoms with Gasteiger partial charge in [0.2, 0.25) is 12.1 Å². The number of aliphatic imine (C=N–C) groups is 1. The van der Waals surface area contributed by atoms with Crippen molar-refractivity contribution in [3.63, 3.8) is 0 Å². The van der Waals surface area contributed by atoms with E-state index in [0.717, 1.165) is 16.9 Å². The highest BCUT2D eigenvalue weighted by molar-refractivity contribution is 7.18. The molecule has 2 aromatic heterocycles. The van der Waals surface area contributed by atoms with Crippen LogP contribution in [0.2, 0.25) is 0 Å². The first-order valence-electron chi connectivity index (χ1n) is 20.3. The van der Waals surface area contributed by atoms with Crippen LogP contribution in [-0.4, -0.2) is 16.7 Å². The first-order chi connectivity index (χ1) is 28.0. The number of para-hydroxylation sites is 1. The molecular formula is C53H45N3OS. The number of thiophene rings is 1. The van der Waals surface area contributed by atoms with Crippen LogP contribution in [0.3, 0.4) is 0 Å². The summed E-state index contributed by atoms with van der Waals surface area (Å²) in [7, 11) is 0. The standard InChI is InChI=1S/C53H45N3OS/c1-52(2,3)36-17-12-32(13-18-36)50-54-47-46-40-23-14-33(30-35(40)16-25-45(46)56(51(47)57-50)39-21-19-37(20-22-39)53(4,5)6)34-15-24-41-44(31-34)42-27-29-58-49(42)43-26-28-55(48(41)43)38-10-8-7-9-11-38/h7-31,47,51H,1-6H3. The number of aromatic nitrogens is 1. The quantitative estimate of drug-likeness (QED) is 0.178. The van der Waals surface area contributed by atoms with Crippen LogP contribution in [0.5, 0.6) is 0 Å². The van der Waals surface area contributed by atoms with Crippen LogP contribution < -0.4 is 4.90 Å². The van der Waals surface area contributed by atoms with Crippen LogP contribution in [0.4, 0.5) is 11.4 Å². The summed E-state index contributed by atoms with van der Waals surface area (Å²) >= 11 is 1.82. The van der Waals surface area contributed by atoms with Crippen LogP contribution in [0.25, 0.3) is 59.3 Å². The summed E-state index contributed by atoms with van der Waals surface area (Å²) < 4.78 is 10.6. The topological polar surface area (TPSA) is 29.8 Å². The monoisotopic (exact) mass is 771 g/mol. The average molecular weight is 772 g/mol. The largest absolute Gasteiger partial charge is 0.450 e. The van der Waals surface area contributed by atoms with Crippen molar-refractivity contribution in [1.82, 2.24) is 4.57 Å². The second-order valence-corrected chi connectivity index (χ2v) is 18.9. The Hall–Kier alpha value is -6.17. The van der Waals surface area contributed by atoms with Gasteiger partial charge < -0.3 is 14.2 Å². The van der Waals surface area contributed by atoms with Crippen molar-refractivity contribution in [3.8, 4) is 16.8 Å². The number of fused-ring (bicyclic) bond motifs is 11. The number of rotatable bonds is 4. The molecule has 0 N–H and O–H groups in total. The molecule has 2 aliphatic heterocycles. The zero-order valence-corrected chi connectivity index (χ0v) is 34.6. The van der Waals surface area contributed by atoms with Gasteiger partial charge in [-0.3, -0.25) is 0 Å². The first-order valence-corrected chi connectivity index (χ1v) is 21.2. The van der Waals surface area contributed by atoms with E-state index in [1.54, 1.807) is 0 Å². The molecule has 4 heterocycles. The first kappa shape index (κ1) is 35.0. The highest BCUT2D eigenvalue weighted by Gasteiger charge is 2.46. The predicted octanol–water partition coefficient (Wildman–Crippen LogP) is 14.4. The molecule has 11 rings (SSSR count). The molecule has 0 saturated heterocycles. The Balaban J connectivity index is 1.03. The van der Waals surface area contributed by atoms with Crippen LogP contribution in [-0.2, 0) is 15.6 Å². The minimum atomic E-state index is -0.279. The summed E-state index contributed by atoms with van der Waals surface area (Å²) in [5.41, 5.74) is 12.1. The Bertz CT molecular complexity index is 3100.